The predicted molar refractivity (Wildman–Crippen MR) is 66.0 cm³/mol. The molecule has 90 valence electrons. The van der Waals surface area contributed by atoms with Gasteiger partial charge in [0.1, 0.15) is 5.70 Å². The highest BCUT2D eigenvalue weighted by Crippen LogP contribution is 2.00. The molecule has 17 heavy (non-hydrogen) atoms. The van der Waals surface area contributed by atoms with Crippen molar-refractivity contribution in [3.05, 3.63) is 53.7 Å². The molecule has 0 aromatic heterocycles. The van der Waals surface area contributed by atoms with E-state index in [0.717, 1.165) is 5.56 Å². The molecule has 1 aromatic rings. The van der Waals surface area contributed by atoms with Crippen LogP contribution < -0.4 is 5.48 Å². The Balaban J connectivity index is 2.29. The molecule has 0 atom stereocenters. The normalized spacial score (nSPS) is 11.7. The number of benzene rings is 1. The quantitative estimate of drug-likeness (QED) is 0.449. The molecule has 0 saturated heterocycles. The van der Waals surface area contributed by atoms with Gasteiger partial charge in [-0.25, -0.2) is 4.79 Å². The molecule has 4 nitrogen and oxygen atoms in total. The molecule has 0 aliphatic heterocycles. The maximum atomic E-state index is 10.6. The first-order chi connectivity index (χ1) is 8.24. The Bertz CT molecular complexity index is 410. The predicted octanol–water partition coefficient (Wildman–Crippen LogP) is 2.21. The van der Waals surface area contributed by atoms with Gasteiger partial charge in [0, 0.05) is 0 Å². The summed E-state index contributed by atoms with van der Waals surface area (Å²) in [5.41, 5.74) is 3.46. The molecule has 0 spiro atoms. The second-order valence-electron chi connectivity index (χ2n) is 3.23. The van der Waals surface area contributed by atoms with Gasteiger partial charge in [0.25, 0.3) is 0 Å². The van der Waals surface area contributed by atoms with Crippen LogP contribution in [0.1, 0.15) is 12.5 Å². The van der Waals surface area contributed by atoms with Crippen molar-refractivity contribution in [2.45, 2.75) is 6.92 Å². The minimum Gasteiger partial charge on any atom is -0.477 e. The number of allylic oxidation sites excluding steroid dienone is 1. The van der Waals surface area contributed by atoms with Crippen molar-refractivity contribution in [3.8, 4) is 0 Å². The molecule has 1 aromatic carbocycles. The van der Waals surface area contributed by atoms with E-state index >= 15 is 0 Å². The summed E-state index contributed by atoms with van der Waals surface area (Å²) in [6, 6.07) is 9.78. The first-order valence-electron chi connectivity index (χ1n) is 5.23. The number of hydroxylamine groups is 1. The van der Waals surface area contributed by atoms with Crippen molar-refractivity contribution in [1.29, 1.82) is 0 Å². The van der Waals surface area contributed by atoms with Crippen LogP contribution in [0.4, 0.5) is 0 Å². The van der Waals surface area contributed by atoms with Crippen LogP contribution in [0.2, 0.25) is 0 Å². The van der Waals surface area contributed by atoms with Crippen LogP contribution in [0.3, 0.4) is 0 Å². The lowest BCUT2D eigenvalue weighted by molar-refractivity contribution is -0.134. The number of rotatable bonds is 6. The van der Waals surface area contributed by atoms with Crippen molar-refractivity contribution in [3.63, 3.8) is 0 Å². The second-order valence-corrected chi connectivity index (χ2v) is 3.23. The number of aliphatic carboxylic acids is 1. The summed E-state index contributed by atoms with van der Waals surface area (Å²) >= 11 is 0. The summed E-state index contributed by atoms with van der Waals surface area (Å²) in [6.07, 6.45) is 5.14. The molecule has 4 heteroatoms. The smallest absolute Gasteiger partial charge is 0.353 e. The van der Waals surface area contributed by atoms with E-state index in [1.54, 1.807) is 13.0 Å². The van der Waals surface area contributed by atoms with Gasteiger partial charge in [-0.3, -0.25) is 10.3 Å². The molecule has 0 saturated carbocycles. The molecule has 0 fully saturated rings. The van der Waals surface area contributed by atoms with Gasteiger partial charge >= 0.3 is 5.97 Å². The van der Waals surface area contributed by atoms with Gasteiger partial charge in [0.2, 0.25) is 0 Å². The SMILES string of the molecule is CC=C(NOCC=Cc1ccccc1)C(=O)O. The minimum absolute atomic E-state index is 0.0260. The molecular weight excluding hydrogens is 218 g/mol. The fourth-order valence-corrected chi connectivity index (χ4v) is 1.14. The minimum atomic E-state index is -1.04. The number of carboxylic acid groups (broad SMARTS) is 1. The number of nitrogens with one attached hydrogen (secondary N) is 1. The number of carboxylic acids is 1. The van der Waals surface area contributed by atoms with Gasteiger partial charge in [0.15, 0.2) is 0 Å². The topological polar surface area (TPSA) is 58.6 Å². The zero-order chi connectivity index (χ0) is 12.5. The zero-order valence-electron chi connectivity index (χ0n) is 9.59. The van der Waals surface area contributed by atoms with E-state index in [1.807, 2.05) is 36.4 Å². The fraction of sp³-hybridized carbons (Fsp3) is 0.154. The van der Waals surface area contributed by atoms with Crippen LogP contribution in [0.15, 0.2) is 48.2 Å². The molecule has 0 aliphatic carbocycles. The van der Waals surface area contributed by atoms with Gasteiger partial charge in [-0.15, -0.1) is 0 Å². The average Bonchev–Trinajstić information content (AvgIpc) is 2.34. The lowest BCUT2D eigenvalue weighted by Gasteiger charge is -2.04. The second kappa shape index (κ2) is 7.24. The monoisotopic (exact) mass is 233 g/mol. The summed E-state index contributed by atoms with van der Waals surface area (Å²) in [7, 11) is 0. The first-order valence-corrected chi connectivity index (χ1v) is 5.23. The number of carbonyl (C=O) groups is 1. The van der Waals surface area contributed by atoms with Crippen LogP contribution in [-0.4, -0.2) is 17.7 Å². The third-order valence-corrected chi connectivity index (χ3v) is 1.99. The summed E-state index contributed by atoms with van der Waals surface area (Å²) in [4.78, 5) is 15.6. The maximum Gasteiger partial charge on any atom is 0.353 e. The van der Waals surface area contributed by atoms with E-state index in [1.165, 1.54) is 6.08 Å². The van der Waals surface area contributed by atoms with Gasteiger partial charge in [0.05, 0.1) is 6.61 Å². The third-order valence-electron chi connectivity index (χ3n) is 1.99. The van der Waals surface area contributed by atoms with E-state index in [-0.39, 0.29) is 5.70 Å². The Hall–Kier alpha value is -2.07. The first kappa shape index (κ1) is 13.0. The lowest BCUT2D eigenvalue weighted by atomic mass is 10.2. The highest BCUT2D eigenvalue weighted by molar-refractivity contribution is 5.85. The van der Waals surface area contributed by atoms with Gasteiger partial charge in [-0.05, 0) is 12.5 Å². The Morgan fingerprint density at radius 2 is 2.12 bits per heavy atom. The summed E-state index contributed by atoms with van der Waals surface area (Å²) in [5.74, 6) is -1.04. The molecule has 1 rings (SSSR count). The molecular formula is C13H15NO3. The van der Waals surface area contributed by atoms with E-state index in [2.05, 4.69) is 5.48 Å². The fourth-order valence-electron chi connectivity index (χ4n) is 1.14. The van der Waals surface area contributed by atoms with Crippen molar-refractivity contribution in [2.24, 2.45) is 0 Å². The maximum absolute atomic E-state index is 10.6. The van der Waals surface area contributed by atoms with Crippen LogP contribution in [0.5, 0.6) is 0 Å². The highest BCUT2D eigenvalue weighted by atomic mass is 16.6. The molecule has 0 aliphatic rings. The molecule has 2 N–H and O–H groups in total. The summed E-state index contributed by atoms with van der Waals surface area (Å²) in [5, 5.41) is 8.68. The Kier molecular flexibility index (Phi) is 5.54. The van der Waals surface area contributed by atoms with Crippen LogP contribution in [0.25, 0.3) is 6.08 Å². The van der Waals surface area contributed by atoms with Crippen molar-refractivity contribution >= 4 is 12.0 Å². The van der Waals surface area contributed by atoms with Gasteiger partial charge in [-0.2, -0.15) is 0 Å². The van der Waals surface area contributed by atoms with E-state index < -0.39 is 5.97 Å². The summed E-state index contributed by atoms with van der Waals surface area (Å²) in [6.45, 7) is 1.92. The lowest BCUT2D eigenvalue weighted by Crippen LogP contribution is -2.20. The van der Waals surface area contributed by atoms with Crippen molar-refractivity contribution in [1.82, 2.24) is 5.48 Å². The van der Waals surface area contributed by atoms with Crippen LogP contribution >= 0.6 is 0 Å². The van der Waals surface area contributed by atoms with Crippen LogP contribution in [0, 0.1) is 0 Å². The van der Waals surface area contributed by atoms with Crippen molar-refractivity contribution < 1.29 is 14.7 Å². The van der Waals surface area contributed by atoms with Crippen LogP contribution in [-0.2, 0) is 9.63 Å². The molecule has 0 bridgehead atoms. The molecule has 0 radical (unpaired) electrons. The molecule has 0 unspecified atom stereocenters. The van der Waals surface area contributed by atoms with Gasteiger partial charge in [-0.1, -0.05) is 48.6 Å². The van der Waals surface area contributed by atoms with E-state index in [4.69, 9.17) is 9.94 Å². The molecule has 0 amide bonds. The summed E-state index contributed by atoms with van der Waals surface area (Å²) < 4.78 is 0. The van der Waals surface area contributed by atoms with Crippen molar-refractivity contribution in [2.75, 3.05) is 6.61 Å². The Morgan fingerprint density at radius 3 is 2.71 bits per heavy atom. The highest BCUT2D eigenvalue weighted by Gasteiger charge is 2.03. The third kappa shape index (κ3) is 4.99. The van der Waals surface area contributed by atoms with E-state index in [9.17, 15) is 4.79 Å². The Labute approximate surface area is 100 Å². The van der Waals surface area contributed by atoms with Gasteiger partial charge < -0.3 is 5.11 Å². The average molecular weight is 233 g/mol. The number of hydrogen-bond donors (Lipinski definition) is 2. The zero-order valence-corrected chi connectivity index (χ0v) is 9.59. The largest absolute Gasteiger partial charge is 0.477 e. The standard InChI is InChI=1S/C13H15NO3/c1-2-12(13(15)16)14-17-10-6-9-11-7-4-3-5-8-11/h2-9,14H,10H2,1H3,(H,15,16). The Morgan fingerprint density at radius 1 is 1.41 bits per heavy atom. The molecule has 0 heterocycles. The van der Waals surface area contributed by atoms with E-state index in [0.29, 0.717) is 6.61 Å². The number of hydrogen-bond acceptors (Lipinski definition) is 3.